The smallest absolute Gasteiger partial charge is 0.328 e. The average Bonchev–Trinajstić information content (AvgIpc) is 2.21. The monoisotopic (exact) mass is 283 g/mol. The Hall–Kier alpha value is -1.29. The molecule has 0 aliphatic heterocycles. The van der Waals surface area contributed by atoms with Gasteiger partial charge >= 0.3 is 5.97 Å². The molecule has 1 N–H and O–H groups in total. The number of halogens is 1. The first-order chi connectivity index (χ1) is 7.50. The Bertz CT molecular complexity index is 415. The van der Waals surface area contributed by atoms with Gasteiger partial charge in [0, 0.05) is 29.8 Å². The summed E-state index contributed by atoms with van der Waals surface area (Å²) in [5.41, 5.74) is 2.25. The van der Waals surface area contributed by atoms with E-state index in [1.807, 2.05) is 37.1 Å². The van der Waals surface area contributed by atoms with Crippen molar-refractivity contribution in [1.29, 1.82) is 0 Å². The second-order valence-electron chi connectivity index (χ2n) is 3.55. The zero-order valence-electron chi connectivity index (χ0n) is 9.27. The van der Waals surface area contributed by atoms with Gasteiger partial charge in [-0.1, -0.05) is 28.1 Å². The summed E-state index contributed by atoms with van der Waals surface area (Å²) in [5.74, 6) is -0.917. The van der Waals surface area contributed by atoms with Gasteiger partial charge in [-0.25, -0.2) is 4.79 Å². The van der Waals surface area contributed by atoms with E-state index in [1.54, 1.807) is 6.08 Å². The summed E-state index contributed by atoms with van der Waals surface area (Å²) in [6.45, 7) is 2.60. The quantitative estimate of drug-likeness (QED) is 0.864. The fourth-order valence-electron chi connectivity index (χ4n) is 1.40. The molecular formula is C12H14BrNO2. The number of benzene rings is 1. The molecule has 4 heteroatoms. The van der Waals surface area contributed by atoms with E-state index in [4.69, 9.17) is 5.11 Å². The third kappa shape index (κ3) is 3.70. The van der Waals surface area contributed by atoms with Gasteiger partial charge in [0.25, 0.3) is 0 Å². The molecule has 1 aromatic rings. The molecule has 0 fully saturated rings. The maximum absolute atomic E-state index is 10.3. The van der Waals surface area contributed by atoms with E-state index < -0.39 is 5.97 Å². The summed E-state index contributed by atoms with van der Waals surface area (Å²) in [6.07, 6.45) is 2.78. The maximum atomic E-state index is 10.3. The van der Waals surface area contributed by atoms with Crippen LogP contribution >= 0.6 is 15.9 Å². The van der Waals surface area contributed by atoms with Crippen LogP contribution < -0.4 is 4.90 Å². The fourth-order valence-corrected chi connectivity index (χ4v) is 1.75. The first-order valence-corrected chi connectivity index (χ1v) is 5.67. The van der Waals surface area contributed by atoms with Crippen molar-refractivity contribution in [2.24, 2.45) is 0 Å². The molecule has 0 aromatic heterocycles. The minimum atomic E-state index is -0.917. The van der Waals surface area contributed by atoms with Gasteiger partial charge in [0.2, 0.25) is 0 Å². The molecule has 0 bridgehead atoms. The van der Waals surface area contributed by atoms with Crippen LogP contribution in [-0.2, 0) is 4.79 Å². The van der Waals surface area contributed by atoms with Crippen LogP contribution in [0.2, 0.25) is 0 Å². The Morgan fingerprint density at radius 1 is 1.56 bits per heavy atom. The number of nitrogens with zero attached hydrogens (tertiary/aromatic N) is 1. The standard InChI is InChI=1S/C12H14BrNO2/c1-9-5-6-10(13)8-11(9)14(2)7-3-4-12(15)16/h3-6,8H,7H2,1-2H3,(H,15,16)/b4-3+. The average molecular weight is 284 g/mol. The van der Waals surface area contributed by atoms with Gasteiger partial charge in [0.1, 0.15) is 0 Å². The van der Waals surface area contributed by atoms with E-state index in [-0.39, 0.29) is 0 Å². The molecule has 16 heavy (non-hydrogen) atoms. The Kier molecular flexibility index (Phi) is 4.55. The predicted molar refractivity (Wildman–Crippen MR) is 68.9 cm³/mol. The van der Waals surface area contributed by atoms with Gasteiger partial charge < -0.3 is 10.0 Å². The van der Waals surface area contributed by atoms with Crippen LogP contribution in [0.3, 0.4) is 0 Å². The minimum absolute atomic E-state index is 0.573. The number of hydrogen-bond acceptors (Lipinski definition) is 2. The molecule has 0 radical (unpaired) electrons. The molecule has 0 amide bonds. The molecule has 0 heterocycles. The Labute approximate surface area is 104 Å². The maximum Gasteiger partial charge on any atom is 0.328 e. The Balaban J connectivity index is 2.76. The van der Waals surface area contributed by atoms with Gasteiger partial charge in [-0.2, -0.15) is 0 Å². The second-order valence-corrected chi connectivity index (χ2v) is 4.47. The number of aryl methyl sites for hydroxylation is 1. The summed E-state index contributed by atoms with van der Waals surface area (Å²) < 4.78 is 1.02. The molecule has 1 aromatic carbocycles. The molecule has 0 unspecified atom stereocenters. The lowest BCUT2D eigenvalue weighted by Gasteiger charge is -2.19. The predicted octanol–water partition coefficient (Wildman–Crippen LogP) is 2.83. The van der Waals surface area contributed by atoms with Crippen molar-refractivity contribution in [1.82, 2.24) is 0 Å². The van der Waals surface area contributed by atoms with E-state index in [0.717, 1.165) is 21.8 Å². The van der Waals surface area contributed by atoms with Crippen LogP contribution in [0, 0.1) is 6.92 Å². The molecule has 0 aliphatic rings. The lowest BCUT2D eigenvalue weighted by atomic mass is 10.2. The molecule has 1 rings (SSSR count). The highest BCUT2D eigenvalue weighted by atomic mass is 79.9. The second kappa shape index (κ2) is 5.70. The van der Waals surface area contributed by atoms with Crippen LogP contribution in [0.1, 0.15) is 5.56 Å². The van der Waals surface area contributed by atoms with Crippen molar-refractivity contribution in [3.05, 3.63) is 40.4 Å². The van der Waals surface area contributed by atoms with Crippen LogP contribution in [-0.4, -0.2) is 24.7 Å². The van der Waals surface area contributed by atoms with E-state index in [0.29, 0.717) is 6.54 Å². The highest BCUT2D eigenvalue weighted by molar-refractivity contribution is 9.10. The fraction of sp³-hybridized carbons (Fsp3) is 0.250. The summed E-state index contributed by atoms with van der Waals surface area (Å²) >= 11 is 3.42. The number of carboxylic acid groups (broad SMARTS) is 1. The van der Waals surface area contributed by atoms with Gasteiger partial charge in [-0.3, -0.25) is 0 Å². The number of rotatable bonds is 4. The van der Waals surface area contributed by atoms with Crippen LogP contribution in [0.15, 0.2) is 34.8 Å². The molecule has 3 nitrogen and oxygen atoms in total. The van der Waals surface area contributed by atoms with Gasteiger partial charge in [0.15, 0.2) is 0 Å². The summed E-state index contributed by atoms with van der Waals surface area (Å²) in [7, 11) is 1.93. The third-order valence-electron chi connectivity index (χ3n) is 2.22. The molecule has 0 saturated carbocycles. The highest BCUT2D eigenvalue weighted by Gasteiger charge is 2.03. The molecular weight excluding hydrogens is 270 g/mol. The minimum Gasteiger partial charge on any atom is -0.478 e. The van der Waals surface area contributed by atoms with E-state index in [1.165, 1.54) is 0 Å². The van der Waals surface area contributed by atoms with Crippen LogP contribution in [0.5, 0.6) is 0 Å². The van der Waals surface area contributed by atoms with Gasteiger partial charge in [0.05, 0.1) is 0 Å². The van der Waals surface area contributed by atoms with Crippen molar-refractivity contribution in [3.8, 4) is 0 Å². The summed E-state index contributed by atoms with van der Waals surface area (Å²) in [5, 5.41) is 8.48. The Morgan fingerprint density at radius 2 is 2.25 bits per heavy atom. The van der Waals surface area contributed by atoms with E-state index >= 15 is 0 Å². The number of carboxylic acids is 1. The lowest BCUT2D eigenvalue weighted by Crippen LogP contribution is -2.18. The lowest BCUT2D eigenvalue weighted by molar-refractivity contribution is -0.131. The van der Waals surface area contributed by atoms with E-state index in [2.05, 4.69) is 15.9 Å². The summed E-state index contributed by atoms with van der Waals surface area (Å²) in [6, 6.07) is 6.03. The van der Waals surface area contributed by atoms with Crippen molar-refractivity contribution in [3.63, 3.8) is 0 Å². The third-order valence-corrected chi connectivity index (χ3v) is 2.72. The van der Waals surface area contributed by atoms with Crippen LogP contribution in [0.25, 0.3) is 0 Å². The molecule has 0 atom stereocenters. The SMILES string of the molecule is Cc1ccc(Br)cc1N(C)C/C=C/C(=O)O. The number of carbonyl (C=O) groups is 1. The first-order valence-electron chi connectivity index (χ1n) is 4.87. The van der Waals surface area contributed by atoms with Gasteiger partial charge in [-0.05, 0) is 24.6 Å². The number of anilines is 1. The largest absolute Gasteiger partial charge is 0.478 e. The molecule has 0 aliphatic carbocycles. The normalized spacial score (nSPS) is 10.7. The van der Waals surface area contributed by atoms with Crippen molar-refractivity contribution in [2.45, 2.75) is 6.92 Å². The van der Waals surface area contributed by atoms with Crippen LogP contribution in [0.4, 0.5) is 5.69 Å². The van der Waals surface area contributed by atoms with Crippen molar-refractivity contribution in [2.75, 3.05) is 18.5 Å². The highest BCUT2D eigenvalue weighted by Crippen LogP contribution is 2.23. The zero-order valence-corrected chi connectivity index (χ0v) is 10.9. The summed E-state index contributed by atoms with van der Waals surface area (Å²) in [4.78, 5) is 12.3. The first kappa shape index (κ1) is 12.8. The van der Waals surface area contributed by atoms with Crippen molar-refractivity contribution < 1.29 is 9.90 Å². The molecule has 86 valence electrons. The Morgan fingerprint density at radius 3 is 2.88 bits per heavy atom. The zero-order chi connectivity index (χ0) is 12.1. The van der Waals surface area contributed by atoms with Gasteiger partial charge in [-0.15, -0.1) is 0 Å². The molecule has 0 spiro atoms. The van der Waals surface area contributed by atoms with Crippen molar-refractivity contribution >= 4 is 27.6 Å². The molecule has 0 saturated heterocycles. The van der Waals surface area contributed by atoms with E-state index in [9.17, 15) is 4.79 Å². The topological polar surface area (TPSA) is 40.5 Å². The number of likely N-dealkylation sites (N-methyl/N-ethyl adjacent to an activating group) is 1. The number of hydrogen-bond donors (Lipinski definition) is 1. The number of aliphatic carboxylic acids is 1.